The maximum atomic E-state index is 10.7. The van der Waals surface area contributed by atoms with E-state index in [1.807, 2.05) is 0 Å². The Bertz CT molecular complexity index is 293. The summed E-state index contributed by atoms with van der Waals surface area (Å²) in [6.45, 7) is 0.0638. The van der Waals surface area contributed by atoms with Gasteiger partial charge in [0.05, 0.1) is 18.8 Å². The van der Waals surface area contributed by atoms with Crippen molar-refractivity contribution >= 4 is 12.1 Å². The molecule has 2 N–H and O–H groups in total. The van der Waals surface area contributed by atoms with Crippen LogP contribution in [0.2, 0.25) is 0 Å². The van der Waals surface area contributed by atoms with Crippen molar-refractivity contribution in [2.24, 2.45) is 0 Å². The van der Waals surface area contributed by atoms with Crippen molar-refractivity contribution in [2.75, 3.05) is 13.3 Å². The van der Waals surface area contributed by atoms with Gasteiger partial charge in [0, 0.05) is 6.42 Å². The molecule has 0 bridgehead atoms. The molecule has 2 heterocycles. The van der Waals surface area contributed by atoms with Crippen LogP contribution in [0, 0.1) is 0 Å². The summed E-state index contributed by atoms with van der Waals surface area (Å²) in [5.41, 5.74) is 0. The molecule has 2 aliphatic rings. The van der Waals surface area contributed by atoms with E-state index in [9.17, 15) is 9.59 Å². The van der Waals surface area contributed by atoms with Gasteiger partial charge in [0.15, 0.2) is 6.10 Å². The summed E-state index contributed by atoms with van der Waals surface area (Å²) < 4.78 is 10.3. The average molecular weight is 217 g/mol. The summed E-state index contributed by atoms with van der Waals surface area (Å²) in [5.74, 6) is -1.04. The van der Waals surface area contributed by atoms with E-state index in [2.05, 4.69) is 0 Å². The van der Waals surface area contributed by atoms with Crippen LogP contribution in [-0.2, 0) is 14.3 Å². The van der Waals surface area contributed by atoms with E-state index in [0.29, 0.717) is 0 Å². The number of hydrogen-bond donors (Lipinski definition) is 2. The first-order valence-electron chi connectivity index (χ1n) is 4.55. The lowest BCUT2D eigenvalue weighted by Crippen LogP contribution is -2.49. The highest BCUT2D eigenvalue weighted by Crippen LogP contribution is 2.27. The summed E-state index contributed by atoms with van der Waals surface area (Å²) in [4.78, 5) is 22.5. The number of carboxylic acids is 1. The Hall–Kier alpha value is -1.34. The number of fused-ring (bicyclic) bond motifs is 1. The number of amides is 1. The molecular weight excluding hydrogens is 206 g/mol. The lowest BCUT2D eigenvalue weighted by molar-refractivity contribution is -0.158. The Kier molecular flexibility index (Phi) is 2.49. The second kappa shape index (κ2) is 3.67. The molecule has 3 atom stereocenters. The van der Waals surface area contributed by atoms with E-state index in [0.717, 1.165) is 4.90 Å². The second-order valence-corrected chi connectivity index (χ2v) is 3.55. The standard InChI is InChI=1S/C8H11NO6/c10-7(11)6-1-5-4(2-14-6)9(3-15-5)8(12)13/h4-6H,1-3H2,(H,10,11)(H,12,13). The van der Waals surface area contributed by atoms with Crippen LogP contribution in [0.25, 0.3) is 0 Å². The van der Waals surface area contributed by atoms with Gasteiger partial charge < -0.3 is 19.7 Å². The SMILES string of the molecule is O=C(O)C1CC2OCN(C(=O)O)C2CO1. The molecule has 0 aliphatic carbocycles. The Morgan fingerprint density at radius 3 is 2.60 bits per heavy atom. The van der Waals surface area contributed by atoms with Crippen molar-refractivity contribution < 1.29 is 29.3 Å². The molecule has 2 aliphatic heterocycles. The monoisotopic (exact) mass is 217 g/mol. The van der Waals surface area contributed by atoms with Gasteiger partial charge in [-0.3, -0.25) is 4.90 Å². The third-order valence-electron chi connectivity index (χ3n) is 2.69. The van der Waals surface area contributed by atoms with E-state index < -0.39 is 18.2 Å². The fourth-order valence-electron chi connectivity index (χ4n) is 1.87. The van der Waals surface area contributed by atoms with E-state index in [-0.39, 0.29) is 31.9 Å². The van der Waals surface area contributed by atoms with Crippen LogP contribution in [0.4, 0.5) is 4.79 Å². The first-order chi connectivity index (χ1) is 7.09. The quantitative estimate of drug-likeness (QED) is 0.618. The molecule has 3 unspecified atom stereocenters. The Morgan fingerprint density at radius 1 is 1.27 bits per heavy atom. The molecule has 2 saturated heterocycles. The molecule has 0 aromatic rings. The zero-order valence-corrected chi connectivity index (χ0v) is 7.83. The maximum Gasteiger partial charge on any atom is 0.409 e. The number of carboxylic acid groups (broad SMARTS) is 2. The first-order valence-corrected chi connectivity index (χ1v) is 4.55. The minimum atomic E-state index is -1.07. The summed E-state index contributed by atoms with van der Waals surface area (Å²) in [7, 11) is 0. The highest BCUT2D eigenvalue weighted by Gasteiger charge is 2.44. The molecule has 0 radical (unpaired) electrons. The fourth-order valence-corrected chi connectivity index (χ4v) is 1.87. The maximum absolute atomic E-state index is 10.7. The van der Waals surface area contributed by atoms with Crippen LogP contribution in [0.3, 0.4) is 0 Å². The van der Waals surface area contributed by atoms with Crippen molar-refractivity contribution in [1.82, 2.24) is 4.90 Å². The Balaban J connectivity index is 2.02. The molecule has 2 rings (SSSR count). The van der Waals surface area contributed by atoms with Crippen molar-refractivity contribution in [3.05, 3.63) is 0 Å². The number of carbonyl (C=O) groups is 2. The summed E-state index contributed by atoms with van der Waals surface area (Å²) in [5, 5.41) is 17.5. The minimum absolute atomic E-state index is 0.0135. The predicted octanol–water partition coefficient (Wildman–Crippen LogP) is -0.435. The van der Waals surface area contributed by atoms with E-state index in [1.165, 1.54) is 0 Å². The largest absolute Gasteiger partial charge is 0.479 e. The van der Waals surface area contributed by atoms with Crippen LogP contribution in [0.1, 0.15) is 6.42 Å². The smallest absolute Gasteiger partial charge is 0.409 e. The van der Waals surface area contributed by atoms with E-state index in [4.69, 9.17) is 19.7 Å². The van der Waals surface area contributed by atoms with Gasteiger partial charge in [-0.05, 0) is 0 Å². The summed E-state index contributed by atoms with van der Waals surface area (Å²) >= 11 is 0. The van der Waals surface area contributed by atoms with Crippen molar-refractivity contribution in [1.29, 1.82) is 0 Å². The number of rotatable bonds is 1. The van der Waals surface area contributed by atoms with Crippen LogP contribution in [0.15, 0.2) is 0 Å². The Morgan fingerprint density at radius 2 is 2.00 bits per heavy atom. The molecule has 0 saturated carbocycles. The molecule has 0 aromatic heterocycles. The number of aliphatic carboxylic acids is 1. The molecule has 0 spiro atoms. The van der Waals surface area contributed by atoms with Crippen molar-refractivity contribution in [2.45, 2.75) is 24.7 Å². The van der Waals surface area contributed by atoms with Crippen molar-refractivity contribution in [3.8, 4) is 0 Å². The third-order valence-corrected chi connectivity index (χ3v) is 2.69. The molecule has 0 aromatic carbocycles. The second-order valence-electron chi connectivity index (χ2n) is 3.55. The molecule has 7 heteroatoms. The Labute approximate surface area is 85.2 Å². The minimum Gasteiger partial charge on any atom is -0.479 e. The molecule has 84 valence electrons. The van der Waals surface area contributed by atoms with Gasteiger partial charge in [0.2, 0.25) is 0 Å². The van der Waals surface area contributed by atoms with E-state index >= 15 is 0 Å². The zero-order valence-electron chi connectivity index (χ0n) is 7.83. The first kappa shape index (κ1) is 10.2. The molecular formula is C8H11NO6. The topological polar surface area (TPSA) is 96.3 Å². The van der Waals surface area contributed by atoms with Gasteiger partial charge in [0.25, 0.3) is 0 Å². The number of hydrogen-bond acceptors (Lipinski definition) is 4. The average Bonchev–Trinajstić information content (AvgIpc) is 2.59. The number of ether oxygens (including phenoxy) is 2. The van der Waals surface area contributed by atoms with Gasteiger partial charge in [0.1, 0.15) is 6.73 Å². The molecule has 2 fully saturated rings. The fraction of sp³-hybridized carbons (Fsp3) is 0.750. The van der Waals surface area contributed by atoms with Crippen LogP contribution >= 0.6 is 0 Å². The van der Waals surface area contributed by atoms with Gasteiger partial charge in [-0.1, -0.05) is 0 Å². The van der Waals surface area contributed by atoms with Crippen molar-refractivity contribution in [3.63, 3.8) is 0 Å². The van der Waals surface area contributed by atoms with Gasteiger partial charge in [-0.25, -0.2) is 9.59 Å². The molecule has 7 nitrogen and oxygen atoms in total. The van der Waals surface area contributed by atoms with Gasteiger partial charge in [-0.2, -0.15) is 0 Å². The normalized spacial score (nSPS) is 34.9. The third kappa shape index (κ3) is 1.75. The van der Waals surface area contributed by atoms with Gasteiger partial charge in [-0.15, -0.1) is 0 Å². The highest BCUT2D eigenvalue weighted by molar-refractivity contribution is 5.72. The zero-order chi connectivity index (χ0) is 11.0. The highest BCUT2D eigenvalue weighted by atomic mass is 16.6. The van der Waals surface area contributed by atoms with Gasteiger partial charge >= 0.3 is 12.1 Å². The number of nitrogens with zero attached hydrogens (tertiary/aromatic N) is 1. The van der Waals surface area contributed by atoms with Crippen LogP contribution in [0.5, 0.6) is 0 Å². The summed E-state index contributed by atoms with van der Waals surface area (Å²) in [6.07, 6.45) is -2.13. The van der Waals surface area contributed by atoms with Crippen LogP contribution in [-0.4, -0.2) is 58.8 Å². The summed E-state index contributed by atoms with van der Waals surface area (Å²) in [6, 6.07) is -0.377. The lowest BCUT2D eigenvalue weighted by atomic mass is 10.0. The van der Waals surface area contributed by atoms with E-state index in [1.54, 1.807) is 0 Å². The lowest BCUT2D eigenvalue weighted by Gasteiger charge is -2.30. The molecule has 15 heavy (non-hydrogen) atoms. The predicted molar refractivity (Wildman–Crippen MR) is 45.4 cm³/mol. The van der Waals surface area contributed by atoms with Crippen LogP contribution < -0.4 is 0 Å². The molecule has 1 amide bonds.